The third kappa shape index (κ3) is 4.35. The van der Waals surface area contributed by atoms with E-state index in [1.54, 1.807) is 11.3 Å². The van der Waals surface area contributed by atoms with Gasteiger partial charge in [-0.15, -0.1) is 11.3 Å². The fourth-order valence-electron chi connectivity index (χ4n) is 3.75. The smallest absolute Gasteiger partial charge is 0.319 e. The van der Waals surface area contributed by atoms with Gasteiger partial charge in [0.05, 0.1) is 6.04 Å². The van der Waals surface area contributed by atoms with Crippen LogP contribution in [-0.2, 0) is 4.79 Å². The zero-order chi connectivity index (χ0) is 17.8. The van der Waals surface area contributed by atoms with Gasteiger partial charge in [-0.3, -0.25) is 4.79 Å². The number of urea groups is 1. The molecule has 6 heteroatoms. The van der Waals surface area contributed by atoms with Gasteiger partial charge in [0.25, 0.3) is 0 Å². The molecule has 1 aromatic rings. The largest absolute Gasteiger partial charge is 0.348 e. The number of nitrogens with zero attached hydrogens (tertiary/aromatic N) is 2. The SMILES string of the molecule is CC(C)C(NC(=O)C1CCN(C(=O)N2CCCC2)CC1)c1cccs1. The molecule has 25 heavy (non-hydrogen) atoms. The maximum atomic E-state index is 12.7. The summed E-state index contributed by atoms with van der Waals surface area (Å²) < 4.78 is 0. The number of rotatable bonds is 4. The molecule has 0 radical (unpaired) electrons. The zero-order valence-corrected chi connectivity index (χ0v) is 16.1. The summed E-state index contributed by atoms with van der Waals surface area (Å²) in [6.45, 7) is 7.44. The molecule has 0 spiro atoms. The molecule has 5 nitrogen and oxygen atoms in total. The molecule has 2 saturated heterocycles. The Hall–Kier alpha value is -1.56. The van der Waals surface area contributed by atoms with Gasteiger partial charge in [-0.25, -0.2) is 4.79 Å². The second kappa shape index (κ2) is 8.21. The van der Waals surface area contributed by atoms with Gasteiger partial charge in [0, 0.05) is 37.0 Å². The number of hydrogen-bond donors (Lipinski definition) is 1. The summed E-state index contributed by atoms with van der Waals surface area (Å²) in [5.41, 5.74) is 0. The van der Waals surface area contributed by atoms with Crippen LogP contribution < -0.4 is 5.32 Å². The average Bonchev–Trinajstić information content (AvgIpc) is 3.32. The Morgan fingerprint density at radius 3 is 2.32 bits per heavy atom. The number of hydrogen-bond acceptors (Lipinski definition) is 3. The predicted octanol–water partition coefficient (Wildman–Crippen LogP) is 3.49. The minimum absolute atomic E-state index is 0.0174. The summed E-state index contributed by atoms with van der Waals surface area (Å²) in [7, 11) is 0. The summed E-state index contributed by atoms with van der Waals surface area (Å²) in [5.74, 6) is 0.517. The second-order valence-corrected chi connectivity index (χ2v) is 8.46. The van der Waals surface area contributed by atoms with Crippen molar-refractivity contribution in [2.75, 3.05) is 26.2 Å². The van der Waals surface area contributed by atoms with Gasteiger partial charge in [-0.1, -0.05) is 19.9 Å². The Balaban J connectivity index is 1.51. The van der Waals surface area contributed by atoms with Crippen molar-refractivity contribution >= 4 is 23.3 Å². The van der Waals surface area contributed by atoms with Crippen molar-refractivity contribution in [1.82, 2.24) is 15.1 Å². The lowest BCUT2D eigenvalue weighted by Gasteiger charge is -2.34. The molecule has 1 N–H and O–H groups in total. The molecular weight excluding hydrogens is 334 g/mol. The second-order valence-electron chi connectivity index (χ2n) is 7.48. The Morgan fingerprint density at radius 2 is 1.76 bits per heavy atom. The van der Waals surface area contributed by atoms with Crippen molar-refractivity contribution in [3.63, 3.8) is 0 Å². The molecule has 2 fully saturated rings. The molecule has 2 aliphatic heterocycles. The Bertz CT molecular complexity index is 573. The molecule has 1 aromatic heterocycles. The van der Waals surface area contributed by atoms with E-state index in [9.17, 15) is 9.59 Å². The van der Waals surface area contributed by atoms with Crippen LogP contribution in [0.5, 0.6) is 0 Å². The number of carbonyl (C=O) groups excluding carboxylic acids is 2. The van der Waals surface area contributed by atoms with E-state index in [-0.39, 0.29) is 23.9 Å². The van der Waals surface area contributed by atoms with Crippen molar-refractivity contribution in [3.8, 4) is 0 Å². The minimum Gasteiger partial charge on any atom is -0.348 e. The van der Waals surface area contributed by atoms with Crippen molar-refractivity contribution in [2.24, 2.45) is 11.8 Å². The van der Waals surface area contributed by atoms with Gasteiger partial charge >= 0.3 is 6.03 Å². The highest BCUT2D eigenvalue weighted by atomic mass is 32.1. The molecule has 0 saturated carbocycles. The number of nitrogens with one attached hydrogen (secondary N) is 1. The highest BCUT2D eigenvalue weighted by Crippen LogP contribution is 2.27. The Kier molecular flexibility index (Phi) is 5.99. The van der Waals surface area contributed by atoms with Crippen LogP contribution in [0.4, 0.5) is 4.79 Å². The number of amides is 3. The topological polar surface area (TPSA) is 52.7 Å². The van der Waals surface area contributed by atoms with Crippen LogP contribution in [0.1, 0.15) is 50.4 Å². The molecule has 3 amide bonds. The summed E-state index contributed by atoms with van der Waals surface area (Å²) in [6, 6.07) is 4.36. The molecule has 2 aliphatic rings. The average molecular weight is 364 g/mol. The van der Waals surface area contributed by atoms with E-state index < -0.39 is 0 Å². The lowest BCUT2D eigenvalue weighted by Crippen LogP contribution is -2.48. The van der Waals surface area contributed by atoms with Crippen LogP contribution in [0.3, 0.4) is 0 Å². The molecule has 1 atom stereocenters. The first kappa shape index (κ1) is 18.2. The van der Waals surface area contributed by atoms with E-state index in [0.717, 1.165) is 38.8 Å². The molecular formula is C19H29N3O2S. The predicted molar refractivity (Wildman–Crippen MR) is 101 cm³/mol. The van der Waals surface area contributed by atoms with E-state index >= 15 is 0 Å². The van der Waals surface area contributed by atoms with E-state index in [1.807, 2.05) is 15.9 Å². The van der Waals surface area contributed by atoms with Crippen LogP contribution in [0, 0.1) is 11.8 Å². The first-order valence-corrected chi connectivity index (χ1v) is 10.3. The highest BCUT2D eigenvalue weighted by Gasteiger charge is 2.31. The van der Waals surface area contributed by atoms with Crippen LogP contribution in [0.15, 0.2) is 17.5 Å². The van der Waals surface area contributed by atoms with E-state index in [1.165, 1.54) is 4.88 Å². The lowest BCUT2D eigenvalue weighted by molar-refractivity contribution is -0.127. The van der Waals surface area contributed by atoms with E-state index in [0.29, 0.717) is 19.0 Å². The van der Waals surface area contributed by atoms with Crippen LogP contribution in [0.2, 0.25) is 0 Å². The van der Waals surface area contributed by atoms with E-state index in [2.05, 4.69) is 30.6 Å². The molecule has 3 heterocycles. The summed E-state index contributed by atoms with van der Waals surface area (Å²) >= 11 is 1.69. The first-order chi connectivity index (χ1) is 12.1. The number of carbonyl (C=O) groups is 2. The monoisotopic (exact) mass is 363 g/mol. The number of piperidine rings is 1. The van der Waals surface area contributed by atoms with Crippen LogP contribution >= 0.6 is 11.3 Å². The van der Waals surface area contributed by atoms with Gasteiger partial charge in [-0.05, 0) is 43.0 Å². The Labute approximate surface area is 154 Å². The number of thiophene rings is 1. The highest BCUT2D eigenvalue weighted by molar-refractivity contribution is 7.10. The fourth-order valence-corrected chi connectivity index (χ4v) is 4.70. The maximum Gasteiger partial charge on any atom is 0.319 e. The van der Waals surface area contributed by atoms with Gasteiger partial charge in [0.15, 0.2) is 0 Å². The molecule has 138 valence electrons. The minimum atomic E-state index is 0.0174. The molecule has 1 unspecified atom stereocenters. The quantitative estimate of drug-likeness (QED) is 0.890. The third-order valence-electron chi connectivity index (χ3n) is 5.33. The van der Waals surface area contributed by atoms with E-state index in [4.69, 9.17) is 0 Å². The van der Waals surface area contributed by atoms with Crippen LogP contribution in [0.25, 0.3) is 0 Å². The summed E-state index contributed by atoms with van der Waals surface area (Å²) in [4.78, 5) is 30.3. The maximum absolute atomic E-state index is 12.7. The lowest BCUT2D eigenvalue weighted by atomic mass is 9.94. The van der Waals surface area contributed by atoms with Gasteiger partial charge in [0.2, 0.25) is 5.91 Å². The van der Waals surface area contributed by atoms with Gasteiger partial charge in [0.1, 0.15) is 0 Å². The third-order valence-corrected chi connectivity index (χ3v) is 6.28. The molecule has 0 aliphatic carbocycles. The number of likely N-dealkylation sites (tertiary alicyclic amines) is 2. The normalized spacial score (nSPS) is 20.1. The molecule has 0 aromatic carbocycles. The first-order valence-electron chi connectivity index (χ1n) is 9.44. The fraction of sp³-hybridized carbons (Fsp3) is 0.684. The Morgan fingerprint density at radius 1 is 1.12 bits per heavy atom. The zero-order valence-electron chi connectivity index (χ0n) is 15.2. The van der Waals surface area contributed by atoms with Crippen molar-refractivity contribution < 1.29 is 9.59 Å². The van der Waals surface area contributed by atoms with Gasteiger partial charge in [-0.2, -0.15) is 0 Å². The van der Waals surface area contributed by atoms with Crippen molar-refractivity contribution in [3.05, 3.63) is 22.4 Å². The molecule has 3 rings (SSSR count). The summed E-state index contributed by atoms with van der Waals surface area (Å²) in [5, 5.41) is 5.30. The van der Waals surface area contributed by atoms with Gasteiger partial charge < -0.3 is 15.1 Å². The van der Waals surface area contributed by atoms with Crippen molar-refractivity contribution in [2.45, 2.75) is 45.6 Å². The molecule has 0 bridgehead atoms. The van der Waals surface area contributed by atoms with Crippen molar-refractivity contribution in [1.29, 1.82) is 0 Å². The summed E-state index contributed by atoms with van der Waals surface area (Å²) in [6.07, 6.45) is 3.76. The van der Waals surface area contributed by atoms with Crippen LogP contribution in [-0.4, -0.2) is 47.9 Å². The standard InChI is InChI=1S/C19H29N3O2S/c1-14(2)17(16-6-5-13-25-16)20-18(23)15-7-11-22(12-8-15)19(24)21-9-3-4-10-21/h5-6,13-15,17H,3-4,7-12H2,1-2H3,(H,20,23).